The first kappa shape index (κ1) is 11.3. The van der Waals surface area contributed by atoms with Gasteiger partial charge in [-0.25, -0.2) is 4.39 Å². The highest BCUT2D eigenvalue weighted by Crippen LogP contribution is 2.38. The van der Waals surface area contributed by atoms with Crippen molar-refractivity contribution in [1.29, 1.82) is 0 Å². The average Bonchev–Trinajstić information content (AvgIpc) is 2.72. The van der Waals surface area contributed by atoms with E-state index in [-0.39, 0.29) is 11.6 Å². The zero-order valence-corrected chi connectivity index (χ0v) is 10.7. The molecule has 0 fully saturated rings. The van der Waals surface area contributed by atoms with Gasteiger partial charge in [0.1, 0.15) is 5.82 Å². The molecule has 0 N–H and O–H groups in total. The van der Waals surface area contributed by atoms with E-state index in [1.165, 1.54) is 23.5 Å². The van der Waals surface area contributed by atoms with Crippen LogP contribution in [0.25, 0.3) is 10.1 Å². The van der Waals surface area contributed by atoms with E-state index in [1.54, 1.807) is 19.9 Å². The normalized spacial score (nSPS) is 15.5. The first-order valence-corrected chi connectivity index (χ1v) is 6.31. The van der Waals surface area contributed by atoms with Crippen molar-refractivity contribution in [3.63, 3.8) is 0 Å². The molecule has 0 radical (unpaired) electrons. The molecule has 2 aromatic rings. The first-order chi connectivity index (χ1) is 8.50. The predicted molar refractivity (Wildman–Crippen MR) is 68.8 cm³/mol. The molecule has 0 saturated heterocycles. The molecule has 0 unspecified atom stereocenters. The number of allylic oxidation sites excluding steroid dienone is 2. The van der Waals surface area contributed by atoms with Gasteiger partial charge in [0, 0.05) is 21.2 Å². The largest absolute Gasteiger partial charge is 0.289 e. The third-order valence-electron chi connectivity index (χ3n) is 3.33. The SMILES string of the molecule is CC1=C(C)C(=O)c2c(sc3ccc(F)cc23)C1=O. The highest BCUT2D eigenvalue weighted by atomic mass is 32.1. The van der Waals surface area contributed by atoms with Crippen LogP contribution < -0.4 is 0 Å². The molecule has 1 heterocycles. The molecule has 0 saturated carbocycles. The number of hydrogen-bond acceptors (Lipinski definition) is 3. The van der Waals surface area contributed by atoms with Gasteiger partial charge in [-0.15, -0.1) is 11.3 Å². The molecule has 1 aliphatic rings. The molecule has 0 aliphatic heterocycles. The van der Waals surface area contributed by atoms with Crippen molar-refractivity contribution < 1.29 is 14.0 Å². The summed E-state index contributed by atoms with van der Waals surface area (Å²) in [6.07, 6.45) is 0. The quantitative estimate of drug-likeness (QED) is 0.722. The summed E-state index contributed by atoms with van der Waals surface area (Å²) in [4.78, 5) is 24.8. The maximum atomic E-state index is 13.3. The highest BCUT2D eigenvalue weighted by Gasteiger charge is 2.31. The maximum absolute atomic E-state index is 13.3. The van der Waals surface area contributed by atoms with Crippen LogP contribution in [0.1, 0.15) is 33.9 Å². The molecular formula is C14H9FO2S. The molecule has 0 amide bonds. The minimum atomic E-state index is -0.396. The van der Waals surface area contributed by atoms with Crippen LogP contribution in [0, 0.1) is 5.82 Å². The fraction of sp³-hybridized carbons (Fsp3) is 0.143. The van der Waals surface area contributed by atoms with E-state index in [0.29, 0.717) is 27.0 Å². The molecule has 90 valence electrons. The molecule has 0 atom stereocenters. The lowest BCUT2D eigenvalue weighted by Gasteiger charge is -2.12. The molecule has 0 spiro atoms. The van der Waals surface area contributed by atoms with E-state index in [4.69, 9.17) is 0 Å². The lowest BCUT2D eigenvalue weighted by Crippen LogP contribution is -2.17. The minimum Gasteiger partial charge on any atom is -0.289 e. The maximum Gasteiger partial charge on any atom is 0.199 e. The van der Waals surface area contributed by atoms with Crippen LogP contribution in [-0.4, -0.2) is 11.6 Å². The Hall–Kier alpha value is -1.81. The Bertz CT molecular complexity index is 752. The predicted octanol–water partition coefficient (Wildman–Crippen LogP) is 3.76. The number of ketones is 2. The number of fused-ring (bicyclic) bond motifs is 3. The molecule has 1 aromatic carbocycles. The summed E-state index contributed by atoms with van der Waals surface area (Å²) < 4.78 is 14.0. The van der Waals surface area contributed by atoms with Gasteiger partial charge in [-0.2, -0.15) is 0 Å². The molecule has 18 heavy (non-hydrogen) atoms. The van der Waals surface area contributed by atoms with Crippen LogP contribution in [-0.2, 0) is 0 Å². The Morgan fingerprint density at radius 3 is 2.44 bits per heavy atom. The fourth-order valence-corrected chi connectivity index (χ4v) is 3.33. The molecule has 1 aliphatic carbocycles. The van der Waals surface area contributed by atoms with Gasteiger partial charge < -0.3 is 0 Å². The van der Waals surface area contributed by atoms with Crippen molar-refractivity contribution in [3.8, 4) is 0 Å². The average molecular weight is 260 g/mol. The lowest BCUT2D eigenvalue weighted by molar-refractivity contribution is 0.0979. The zero-order chi connectivity index (χ0) is 13.0. The van der Waals surface area contributed by atoms with Gasteiger partial charge >= 0.3 is 0 Å². The minimum absolute atomic E-state index is 0.122. The van der Waals surface area contributed by atoms with Crippen LogP contribution in [0.5, 0.6) is 0 Å². The Labute approximate surface area is 107 Å². The number of halogens is 1. The number of carbonyl (C=O) groups excluding carboxylic acids is 2. The van der Waals surface area contributed by atoms with Gasteiger partial charge in [0.25, 0.3) is 0 Å². The Morgan fingerprint density at radius 1 is 1.06 bits per heavy atom. The standard InChI is InChI=1S/C14H9FO2S/c1-6-7(2)13(17)14-11(12(6)16)9-5-8(15)3-4-10(9)18-14/h3-5H,1-2H3. The van der Waals surface area contributed by atoms with Crippen molar-refractivity contribution >= 4 is 33.0 Å². The van der Waals surface area contributed by atoms with Crippen LogP contribution in [0.15, 0.2) is 29.3 Å². The number of hydrogen-bond donors (Lipinski definition) is 0. The fourth-order valence-electron chi connectivity index (χ4n) is 2.15. The van der Waals surface area contributed by atoms with Crippen molar-refractivity contribution in [1.82, 2.24) is 0 Å². The van der Waals surface area contributed by atoms with E-state index >= 15 is 0 Å². The van der Waals surface area contributed by atoms with Gasteiger partial charge in [-0.05, 0) is 32.0 Å². The summed E-state index contributed by atoms with van der Waals surface area (Å²) in [7, 11) is 0. The Morgan fingerprint density at radius 2 is 1.72 bits per heavy atom. The molecule has 2 nitrogen and oxygen atoms in total. The smallest absolute Gasteiger partial charge is 0.199 e. The van der Waals surface area contributed by atoms with Gasteiger partial charge in [0.15, 0.2) is 11.6 Å². The van der Waals surface area contributed by atoms with Crippen molar-refractivity contribution in [2.24, 2.45) is 0 Å². The summed E-state index contributed by atoms with van der Waals surface area (Å²) in [5, 5.41) is 0.542. The van der Waals surface area contributed by atoms with Gasteiger partial charge in [0.05, 0.1) is 10.4 Å². The van der Waals surface area contributed by atoms with Crippen LogP contribution >= 0.6 is 11.3 Å². The lowest BCUT2D eigenvalue weighted by atomic mass is 9.89. The van der Waals surface area contributed by atoms with Gasteiger partial charge in [0.2, 0.25) is 0 Å². The second-order valence-corrected chi connectivity index (χ2v) is 5.41. The van der Waals surface area contributed by atoms with Crippen LogP contribution in [0.2, 0.25) is 0 Å². The topological polar surface area (TPSA) is 34.1 Å². The molecule has 1 aromatic heterocycles. The van der Waals surface area contributed by atoms with Crippen molar-refractivity contribution in [2.75, 3.05) is 0 Å². The number of rotatable bonds is 0. The monoisotopic (exact) mass is 260 g/mol. The molecule has 3 rings (SSSR count). The van der Waals surface area contributed by atoms with E-state index in [2.05, 4.69) is 0 Å². The summed E-state index contributed by atoms with van der Waals surface area (Å²) in [6, 6.07) is 4.27. The number of carbonyl (C=O) groups is 2. The van der Waals surface area contributed by atoms with Gasteiger partial charge in [-0.3, -0.25) is 9.59 Å². The zero-order valence-electron chi connectivity index (χ0n) is 9.83. The second kappa shape index (κ2) is 3.59. The first-order valence-electron chi connectivity index (χ1n) is 5.49. The number of Topliss-reactive ketones (excluding diaryl/α,β-unsaturated/α-hetero) is 2. The summed E-state index contributed by atoms with van der Waals surface area (Å²) >= 11 is 1.25. The van der Waals surface area contributed by atoms with E-state index in [1.807, 2.05) is 0 Å². The third kappa shape index (κ3) is 1.32. The molecular weight excluding hydrogens is 251 g/mol. The summed E-state index contributed by atoms with van der Waals surface area (Å²) in [5.74, 6) is -0.685. The Balaban J connectivity index is 2.43. The summed E-state index contributed by atoms with van der Waals surface area (Å²) in [6.45, 7) is 3.30. The summed E-state index contributed by atoms with van der Waals surface area (Å²) in [5.41, 5.74) is 1.30. The van der Waals surface area contributed by atoms with Crippen molar-refractivity contribution in [2.45, 2.75) is 13.8 Å². The highest BCUT2D eigenvalue weighted by molar-refractivity contribution is 7.21. The number of thiophene rings is 1. The molecule has 4 heteroatoms. The van der Waals surface area contributed by atoms with Crippen LogP contribution in [0.4, 0.5) is 4.39 Å². The van der Waals surface area contributed by atoms with E-state index < -0.39 is 5.82 Å². The van der Waals surface area contributed by atoms with E-state index in [9.17, 15) is 14.0 Å². The van der Waals surface area contributed by atoms with Gasteiger partial charge in [-0.1, -0.05) is 0 Å². The van der Waals surface area contributed by atoms with E-state index in [0.717, 1.165) is 4.70 Å². The second-order valence-electron chi connectivity index (χ2n) is 4.35. The van der Waals surface area contributed by atoms with Crippen molar-refractivity contribution in [3.05, 3.63) is 45.6 Å². The third-order valence-corrected chi connectivity index (χ3v) is 4.50. The number of benzene rings is 1. The molecule has 0 bridgehead atoms. The Kier molecular flexibility index (Phi) is 2.25. The van der Waals surface area contributed by atoms with Crippen LogP contribution in [0.3, 0.4) is 0 Å².